The molecular formula is C15H16BrNO3. The minimum Gasteiger partial charge on any atom is -0.508 e. The van der Waals surface area contributed by atoms with Gasteiger partial charge in [-0.3, -0.25) is 0 Å². The fraction of sp³-hybridized carbons (Fsp3) is 0.200. The van der Waals surface area contributed by atoms with Crippen LogP contribution >= 0.6 is 15.9 Å². The lowest BCUT2D eigenvalue weighted by atomic mass is 10.2. The molecule has 5 heteroatoms. The first-order chi connectivity index (χ1) is 9.62. The maximum Gasteiger partial charge on any atom is 0.122 e. The third kappa shape index (κ3) is 3.57. The Labute approximate surface area is 126 Å². The van der Waals surface area contributed by atoms with E-state index < -0.39 is 0 Å². The molecule has 0 heterocycles. The number of nitrogens with one attached hydrogen (secondary N) is 1. The van der Waals surface area contributed by atoms with Crippen molar-refractivity contribution < 1.29 is 14.6 Å². The van der Waals surface area contributed by atoms with Crippen LogP contribution in [0.4, 0.5) is 5.69 Å². The highest BCUT2D eigenvalue weighted by Crippen LogP contribution is 2.27. The Kier molecular flexibility index (Phi) is 4.74. The number of methoxy groups -OCH3 is 2. The second kappa shape index (κ2) is 6.52. The van der Waals surface area contributed by atoms with E-state index in [1.807, 2.05) is 18.2 Å². The van der Waals surface area contributed by atoms with Crippen molar-refractivity contribution in [2.24, 2.45) is 0 Å². The highest BCUT2D eigenvalue weighted by Gasteiger charge is 2.05. The molecule has 0 spiro atoms. The summed E-state index contributed by atoms with van der Waals surface area (Å²) in [5, 5.41) is 13.1. The van der Waals surface area contributed by atoms with Crippen LogP contribution in [0.3, 0.4) is 0 Å². The molecule has 0 unspecified atom stereocenters. The normalized spacial score (nSPS) is 10.2. The molecular weight excluding hydrogens is 322 g/mol. The second-order valence-corrected chi connectivity index (χ2v) is 5.14. The monoisotopic (exact) mass is 337 g/mol. The van der Waals surface area contributed by atoms with Gasteiger partial charge in [0, 0.05) is 28.3 Å². The predicted molar refractivity (Wildman–Crippen MR) is 82.7 cm³/mol. The molecule has 20 heavy (non-hydrogen) atoms. The fourth-order valence-electron chi connectivity index (χ4n) is 1.81. The van der Waals surface area contributed by atoms with Gasteiger partial charge in [-0.2, -0.15) is 0 Å². The number of hydrogen-bond donors (Lipinski definition) is 2. The van der Waals surface area contributed by atoms with Crippen LogP contribution in [-0.4, -0.2) is 19.3 Å². The lowest BCUT2D eigenvalue weighted by Gasteiger charge is -2.11. The van der Waals surface area contributed by atoms with Crippen LogP contribution in [0, 0.1) is 0 Å². The molecule has 0 radical (unpaired) electrons. The van der Waals surface area contributed by atoms with Crippen molar-refractivity contribution in [3.05, 3.63) is 46.4 Å². The number of aromatic hydroxyl groups is 1. The van der Waals surface area contributed by atoms with Crippen molar-refractivity contribution in [3.8, 4) is 17.2 Å². The van der Waals surface area contributed by atoms with E-state index in [9.17, 15) is 5.11 Å². The fourth-order valence-corrected chi connectivity index (χ4v) is 2.28. The third-order valence-corrected chi connectivity index (χ3v) is 3.33. The zero-order chi connectivity index (χ0) is 14.5. The van der Waals surface area contributed by atoms with Gasteiger partial charge in [-0.15, -0.1) is 0 Å². The van der Waals surface area contributed by atoms with Crippen molar-refractivity contribution in [1.29, 1.82) is 0 Å². The smallest absolute Gasteiger partial charge is 0.122 e. The Hall–Kier alpha value is -1.88. The van der Waals surface area contributed by atoms with Gasteiger partial charge in [-0.1, -0.05) is 15.9 Å². The number of phenolic OH excluding ortho intramolecular Hbond substituents is 1. The molecule has 0 amide bonds. The third-order valence-electron chi connectivity index (χ3n) is 2.88. The largest absolute Gasteiger partial charge is 0.508 e. The van der Waals surface area contributed by atoms with Crippen LogP contribution in [-0.2, 0) is 6.54 Å². The van der Waals surface area contributed by atoms with Crippen LogP contribution in [0.25, 0.3) is 0 Å². The number of ether oxygens (including phenoxy) is 2. The molecule has 2 aromatic carbocycles. The van der Waals surface area contributed by atoms with Crippen molar-refractivity contribution in [2.45, 2.75) is 6.54 Å². The summed E-state index contributed by atoms with van der Waals surface area (Å²) in [5.74, 6) is 1.71. The number of phenols is 1. The minimum atomic E-state index is 0.236. The summed E-state index contributed by atoms with van der Waals surface area (Å²) in [6.45, 7) is 0.489. The molecule has 0 saturated carbocycles. The number of anilines is 1. The average molecular weight is 338 g/mol. The Morgan fingerprint density at radius 3 is 2.50 bits per heavy atom. The van der Waals surface area contributed by atoms with Crippen molar-refractivity contribution >= 4 is 21.6 Å². The van der Waals surface area contributed by atoms with Gasteiger partial charge in [0.05, 0.1) is 14.2 Å². The molecule has 2 rings (SSSR count). The molecule has 2 N–H and O–H groups in total. The van der Waals surface area contributed by atoms with E-state index in [2.05, 4.69) is 21.2 Å². The first-order valence-corrected chi connectivity index (χ1v) is 6.86. The Bertz CT molecular complexity index is 602. The highest BCUT2D eigenvalue weighted by molar-refractivity contribution is 9.10. The molecule has 106 valence electrons. The van der Waals surface area contributed by atoms with Gasteiger partial charge in [0.1, 0.15) is 17.2 Å². The molecule has 0 bridgehead atoms. The Morgan fingerprint density at radius 1 is 1.05 bits per heavy atom. The predicted octanol–water partition coefficient (Wildman–Crippen LogP) is 3.78. The molecule has 0 aliphatic carbocycles. The molecule has 0 saturated heterocycles. The van der Waals surface area contributed by atoms with Gasteiger partial charge in [0.2, 0.25) is 0 Å². The van der Waals surface area contributed by atoms with Crippen molar-refractivity contribution in [1.82, 2.24) is 0 Å². The summed E-state index contributed by atoms with van der Waals surface area (Å²) < 4.78 is 11.3. The van der Waals surface area contributed by atoms with E-state index >= 15 is 0 Å². The average Bonchev–Trinajstić information content (AvgIpc) is 2.45. The Morgan fingerprint density at radius 2 is 1.80 bits per heavy atom. The molecule has 0 aromatic heterocycles. The SMILES string of the molecule is COc1cc(Br)cc(NCc2cc(OC)ccc2O)c1. The quantitative estimate of drug-likeness (QED) is 0.871. The summed E-state index contributed by atoms with van der Waals surface area (Å²) in [4.78, 5) is 0. The molecule has 2 aromatic rings. The van der Waals surface area contributed by atoms with Crippen LogP contribution in [0.15, 0.2) is 40.9 Å². The number of hydrogen-bond acceptors (Lipinski definition) is 4. The lowest BCUT2D eigenvalue weighted by molar-refractivity contribution is 0.411. The summed E-state index contributed by atoms with van der Waals surface area (Å²) in [5.41, 5.74) is 1.67. The van der Waals surface area contributed by atoms with Gasteiger partial charge < -0.3 is 19.9 Å². The summed E-state index contributed by atoms with van der Waals surface area (Å²) in [7, 11) is 3.22. The molecule has 0 aliphatic heterocycles. The maximum atomic E-state index is 9.83. The van der Waals surface area contributed by atoms with Crippen molar-refractivity contribution in [3.63, 3.8) is 0 Å². The summed E-state index contributed by atoms with van der Waals surface area (Å²) in [6.07, 6.45) is 0. The molecule has 0 aliphatic rings. The standard InChI is InChI=1S/C15H16BrNO3/c1-19-13-3-4-15(18)10(5-13)9-17-12-6-11(16)7-14(8-12)20-2/h3-8,17-18H,9H2,1-2H3. The first kappa shape index (κ1) is 14.5. The summed E-state index contributed by atoms with van der Waals surface area (Å²) >= 11 is 3.43. The topological polar surface area (TPSA) is 50.7 Å². The van der Waals surface area contributed by atoms with Gasteiger partial charge in [-0.05, 0) is 30.3 Å². The number of benzene rings is 2. The molecule has 0 fully saturated rings. The van der Waals surface area contributed by atoms with E-state index in [0.717, 1.165) is 21.5 Å². The summed E-state index contributed by atoms with van der Waals surface area (Å²) in [6, 6.07) is 10.9. The number of rotatable bonds is 5. The van der Waals surface area contributed by atoms with E-state index in [0.29, 0.717) is 12.3 Å². The van der Waals surface area contributed by atoms with Gasteiger partial charge in [0.25, 0.3) is 0 Å². The van der Waals surface area contributed by atoms with Crippen molar-refractivity contribution in [2.75, 3.05) is 19.5 Å². The van der Waals surface area contributed by atoms with E-state index in [4.69, 9.17) is 9.47 Å². The lowest BCUT2D eigenvalue weighted by Crippen LogP contribution is -2.00. The van der Waals surface area contributed by atoms with E-state index in [1.54, 1.807) is 32.4 Å². The second-order valence-electron chi connectivity index (χ2n) is 4.23. The zero-order valence-corrected chi connectivity index (χ0v) is 12.9. The van der Waals surface area contributed by atoms with Gasteiger partial charge >= 0.3 is 0 Å². The maximum absolute atomic E-state index is 9.83. The minimum absolute atomic E-state index is 0.236. The van der Waals surface area contributed by atoms with E-state index in [1.165, 1.54) is 0 Å². The van der Waals surface area contributed by atoms with Crippen LogP contribution in [0.1, 0.15) is 5.56 Å². The Balaban J connectivity index is 2.14. The molecule has 4 nitrogen and oxygen atoms in total. The first-order valence-electron chi connectivity index (χ1n) is 6.06. The zero-order valence-electron chi connectivity index (χ0n) is 11.3. The van der Waals surface area contributed by atoms with Gasteiger partial charge in [0.15, 0.2) is 0 Å². The van der Waals surface area contributed by atoms with Crippen LogP contribution in [0.2, 0.25) is 0 Å². The van der Waals surface area contributed by atoms with Gasteiger partial charge in [-0.25, -0.2) is 0 Å². The van der Waals surface area contributed by atoms with E-state index in [-0.39, 0.29) is 5.75 Å². The van der Waals surface area contributed by atoms with Crippen LogP contribution in [0.5, 0.6) is 17.2 Å². The molecule has 0 atom stereocenters. The number of halogens is 1. The highest BCUT2D eigenvalue weighted by atomic mass is 79.9. The van der Waals surface area contributed by atoms with Crippen LogP contribution < -0.4 is 14.8 Å².